The molecule has 204 valence electrons. The van der Waals surface area contributed by atoms with E-state index in [1.807, 2.05) is 29.8 Å². The Morgan fingerprint density at radius 2 is 1.85 bits per heavy atom. The second kappa shape index (κ2) is 11.9. The van der Waals surface area contributed by atoms with E-state index in [0.29, 0.717) is 29.7 Å². The lowest BCUT2D eigenvalue weighted by Gasteiger charge is -2.14. The van der Waals surface area contributed by atoms with Crippen molar-refractivity contribution in [2.75, 3.05) is 31.5 Å². The van der Waals surface area contributed by atoms with Crippen LogP contribution in [0.2, 0.25) is 0 Å². The van der Waals surface area contributed by atoms with E-state index in [2.05, 4.69) is 59.5 Å². The zero-order valence-electron chi connectivity index (χ0n) is 23.3. The number of ether oxygens (including phenoxy) is 1. The molecule has 0 aliphatic carbocycles. The van der Waals surface area contributed by atoms with Crippen LogP contribution in [0.5, 0.6) is 11.5 Å². The molecule has 8 nitrogen and oxygen atoms in total. The van der Waals surface area contributed by atoms with Gasteiger partial charge in [0.2, 0.25) is 5.95 Å². The molecule has 0 atom stereocenters. The van der Waals surface area contributed by atoms with E-state index < -0.39 is 0 Å². The maximum absolute atomic E-state index is 12.6. The smallest absolute Gasteiger partial charge is 0.270 e. The largest absolute Gasteiger partial charge is 0.457 e. The molecule has 1 fully saturated rings. The number of hydrogen-bond acceptors (Lipinski definition) is 6. The highest BCUT2D eigenvalue weighted by atomic mass is 16.5. The minimum atomic E-state index is -0.192. The molecule has 1 aliphatic rings. The van der Waals surface area contributed by atoms with Crippen molar-refractivity contribution in [3.8, 4) is 11.5 Å². The number of nitrogens with zero attached hydrogens (tertiary/aromatic N) is 4. The van der Waals surface area contributed by atoms with E-state index in [1.54, 1.807) is 18.3 Å². The number of amides is 1. The fourth-order valence-electron chi connectivity index (χ4n) is 5.18. The quantitative estimate of drug-likeness (QED) is 0.263. The lowest BCUT2D eigenvalue weighted by atomic mass is 9.95. The van der Waals surface area contributed by atoms with Gasteiger partial charge >= 0.3 is 0 Å². The summed E-state index contributed by atoms with van der Waals surface area (Å²) in [6.07, 6.45) is 5.10. The van der Waals surface area contributed by atoms with Crippen LogP contribution in [-0.2, 0) is 13.5 Å². The first kappa shape index (κ1) is 26.7. The molecular formula is C31H38N6O2. The van der Waals surface area contributed by atoms with E-state index in [-0.39, 0.29) is 5.91 Å². The molecule has 0 unspecified atom stereocenters. The van der Waals surface area contributed by atoms with Gasteiger partial charge in [-0.25, -0.2) is 4.98 Å². The van der Waals surface area contributed by atoms with Gasteiger partial charge in [0.25, 0.3) is 5.91 Å². The third-order valence-corrected chi connectivity index (χ3v) is 7.37. The van der Waals surface area contributed by atoms with Gasteiger partial charge in [-0.1, -0.05) is 26.8 Å². The molecule has 1 saturated heterocycles. The van der Waals surface area contributed by atoms with Crippen LogP contribution < -0.4 is 15.4 Å². The van der Waals surface area contributed by atoms with Crippen molar-refractivity contribution in [3.63, 3.8) is 0 Å². The second-order valence-corrected chi connectivity index (χ2v) is 10.5. The SMILES string of the molecule is CCc1ccc(Nc2nc3cc(Oc4ccnc(C(=O)NCCN5CCCC5)c4)ccc3n2C)cc1C(C)C. The summed E-state index contributed by atoms with van der Waals surface area (Å²) in [5.41, 5.74) is 5.91. The molecule has 8 heteroatoms. The number of aryl methyl sites for hydroxylation is 2. The number of aromatic nitrogens is 3. The Balaban J connectivity index is 1.27. The van der Waals surface area contributed by atoms with Gasteiger partial charge < -0.3 is 24.8 Å². The van der Waals surface area contributed by atoms with Crippen molar-refractivity contribution in [2.45, 2.75) is 46.0 Å². The monoisotopic (exact) mass is 526 g/mol. The number of carbonyl (C=O) groups excluding carboxylic acids is 1. The van der Waals surface area contributed by atoms with Crippen LogP contribution in [-0.4, -0.2) is 51.5 Å². The summed E-state index contributed by atoms with van der Waals surface area (Å²) in [7, 11) is 2.00. The maximum Gasteiger partial charge on any atom is 0.270 e. The molecule has 0 spiro atoms. The number of likely N-dealkylation sites (tertiary alicyclic amines) is 1. The molecule has 3 heterocycles. The molecule has 5 rings (SSSR count). The second-order valence-electron chi connectivity index (χ2n) is 10.5. The van der Waals surface area contributed by atoms with Gasteiger partial charge in [0, 0.05) is 44.2 Å². The van der Waals surface area contributed by atoms with Gasteiger partial charge in [-0.15, -0.1) is 0 Å². The molecule has 39 heavy (non-hydrogen) atoms. The van der Waals surface area contributed by atoms with Crippen molar-refractivity contribution < 1.29 is 9.53 Å². The highest BCUT2D eigenvalue weighted by molar-refractivity contribution is 5.92. The number of hydrogen-bond donors (Lipinski definition) is 2. The van der Waals surface area contributed by atoms with Crippen LogP contribution in [0, 0.1) is 0 Å². The minimum absolute atomic E-state index is 0.192. The summed E-state index contributed by atoms with van der Waals surface area (Å²) in [5, 5.41) is 6.45. The molecular weight excluding hydrogens is 488 g/mol. The van der Waals surface area contributed by atoms with Crippen molar-refractivity contribution in [1.29, 1.82) is 0 Å². The van der Waals surface area contributed by atoms with E-state index in [4.69, 9.17) is 9.72 Å². The first-order chi connectivity index (χ1) is 18.9. The predicted molar refractivity (Wildman–Crippen MR) is 156 cm³/mol. The number of fused-ring (bicyclic) bond motifs is 1. The van der Waals surface area contributed by atoms with Crippen molar-refractivity contribution >= 4 is 28.6 Å². The van der Waals surface area contributed by atoms with Crippen molar-refractivity contribution in [1.82, 2.24) is 24.8 Å². The molecule has 2 aromatic heterocycles. The number of rotatable bonds is 10. The summed E-state index contributed by atoms with van der Waals surface area (Å²) in [5.74, 6) is 2.23. The summed E-state index contributed by atoms with van der Waals surface area (Å²) in [6, 6.07) is 15.8. The Labute approximate surface area is 230 Å². The van der Waals surface area contributed by atoms with Crippen LogP contribution in [0.25, 0.3) is 11.0 Å². The standard InChI is InChI=1S/C31H38N6O2/c1-5-22-8-9-23(18-26(22)21(2)3)34-31-35-27-19-24(10-11-29(27)36(31)4)39-25-12-13-32-28(20-25)30(38)33-14-17-37-15-6-7-16-37/h8-13,18-21H,5-7,14-17H2,1-4H3,(H,33,38)(H,34,35). The van der Waals surface area contributed by atoms with E-state index >= 15 is 0 Å². The highest BCUT2D eigenvalue weighted by Gasteiger charge is 2.14. The van der Waals surface area contributed by atoms with Gasteiger partial charge in [-0.3, -0.25) is 9.78 Å². The predicted octanol–water partition coefficient (Wildman–Crippen LogP) is 6.02. The first-order valence-electron chi connectivity index (χ1n) is 13.9. The first-order valence-corrected chi connectivity index (χ1v) is 13.9. The summed E-state index contributed by atoms with van der Waals surface area (Å²) < 4.78 is 8.14. The van der Waals surface area contributed by atoms with Crippen LogP contribution in [0.1, 0.15) is 61.1 Å². The summed E-state index contributed by atoms with van der Waals surface area (Å²) in [6.45, 7) is 10.3. The zero-order chi connectivity index (χ0) is 27.4. The van der Waals surface area contributed by atoms with E-state index in [9.17, 15) is 4.79 Å². The number of benzene rings is 2. The van der Waals surface area contributed by atoms with Gasteiger partial charge in [-0.2, -0.15) is 0 Å². The Morgan fingerprint density at radius 3 is 2.62 bits per heavy atom. The van der Waals surface area contributed by atoms with Gasteiger partial charge in [-0.05, 0) is 79.7 Å². The number of pyridine rings is 1. The summed E-state index contributed by atoms with van der Waals surface area (Å²) in [4.78, 5) is 24.0. The van der Waals surface area contributed by atoms with Gasteiger partial charge in [0.05, 0.1) is 11.0 Å². The van der Waals surface area contributed by atoms with Crippen LogP contribution in [0.3, 0.4) is 0 Å². The number of imidazole rings is 1. The maximum atomic E-state index is 12.6. The average Bonchev–Trinajstić information content (AvgIpc) is 3.56. The Morgan fingerprint density at radius 1 is 1.05 bits per heavy atom. The molecule has 0 radical (unpaired) electrons. The lowest BCUT2D eigenvalue weighted by Crippen LogP contribution is -2.33. The fourth-order valence-corrected chi connectivity index (χ4v) is 5.18. The normalized spacial score (nSPS) is 13.8. The number of anilines is 2. The van der Waals surface area contributed by atoms with Crippen LogP contribution >= 0.6 is 0 Å². The Bertz CT molecular complexity index is 1450. The zero-order valence-corrected chi connectivity index (χ0v) is 23.3. The third-order valence-electron chi connectivity index (χ3n) is 7.37. The topological polar surface area (TPSA) is 84.3 Å². The third kappa shape index (κ3) is 6.23. The van der Waals surface area contributed by atoms with Crippen molar-refractivity contribution in [2.24, 2.45) is 7.05 Å². The molecule has 0 saturated carbocycles. The molecule has 0 bridgehead atoms. The minimum Gasteiger partial charge on any atom is -0.457 e. The number of nitrogens with one attached hydrogen (secondary N) is 2. The Kier molecular flexibility index (Phi) is 8.12. The molecule has 4 aromatic rings. The van der Waals surface area contributed by atoms with E-state index in [1.165, 1.54) is 24.0 Å². The fraction of sp³-hybridized carbons (Fsp3) is 0.387. The molecule has 2 N–H and O–H groups in total. The molecule has 2 aromatic carbocycles. The van der Waals surface area contributed by atoms with Crippen molar-refractivity contribution in [3.05, 3.63) is 71.5 Å². The van der Waals surface area contributed by atoms with E-state index in [0.717, 1.165) is 48.7 Å². The van der Waals surface area contributed by atoms with Gasteiger partial charge in [0.1, 0.15) is 17.2 Å². The molecule has 1 amide bonds. The summed E-state index contributed by atoms with van der Waals surface area (Å²) >= 11 is 0. The van der Waals surface area contributed by atoms with Crippen LogP contribution in [0.15, 0.2) is 54.7 Å². The average molecular weight is 527 g/mol. The molecule has 1 aliphatic heterocycles. The van der Waals surface area contributed by atoms with Crippen LogP contribution in [0.4, 0.5) is 11.6 Å². The number of carbonyl (C=O) groups is 1. The lowest BCUT2D eigenvalue weighted by molar-refractivity contribution is 0.0944. The Hall–Kier alpha value is -3.91. The van der Waals surface area contributed by atoms with Gasteiger partial charge in [0.15, 0.2) is 0 Å². The highest BCUT2D eigenvalue weighted by Crippen LogP contribution is 2.30.